The highest BCUT2D eigenvalue weighted by molar-refractivity contribution is 8.68. The van der Waals surface area contributed by atoms with Gasteiger partial charge in [-0.2, -0.15) is 0 Å². The van der Waals surface area contributed by atoms with Crippen LogP contribution in [0, 0.1) is 0 Å². The molecule has 0 aromatic heterocycles. The van der Waals surface area contributed by atoms with Crippen molar-refractivity contribution in [3.63, 3.8) is 0 Å². The lowest BCUT2D eigenvalue weighted by Gasteiger charge is -1.50. The maximum absolute atomic E-state index is 3.71. The molecule has 28 valence electrons. The summed E-state index contributed by atoms with van der Waals surface area (Å²) in [5, 5.41) is 0. The van der Waals surface area contributed by atoms with E-state index < -0.39 is 0 Å². The molecule has 3 N–H and O–H groups in total. The van der Waals surface area contributed by atoms with Crippen LogP contribution in [0.1, 0.15) is 0 Å². The second-order valence-corrected chi connectivity index (χ2v) is 1.64. The molecule has 0 aliphatic carbocycles. The van der Waals surface area contributed by atoms with Crippen molar-refractivity contribution in [3.8, 4) is 0 Å². The molecular weight excluding hydrogens is 90.2 g/mol. The molecule has 0 aliphatic heterocycles. The molecule has 0 saturated carbocycles. The lowest BCUT2D eigenvalue weighted by atomic mass is 12.0. The molecule has 0 atom stereocenters. The van der Waals surface area contributed by atoms with Gasteiger partial charge in [0.25, 0.3) is 0 Å². The molecular formula is CH7NS2. The smallest absolute Gasteiger partial charge is 0.00816 e. The highest BCUT2D eigenvalue weighted by Crippen LogP contribution is 1.91. The zero-order valence-corrected chi connectivity index (χ0v) is 4.27. The Morgan fingerprint density at radius 2 is 1.75 bits per heavy atom. The lowest BCUT2D eigenvalue weighted by Crippen LogP contribution is -1.08. The second-order valence-electron chi connectivity index (χ2n) is 0.183. The SMILES string of the molecule is CSS.N. The molecule has 0 bridgehead atoms. The quantitative estimate of drug-likeness (QED) is 0.353. The molecule has 1 nitrogen and oxygen atoms in total. The topological polar surface area (TPSA) is 35.0 Å². The third-order valence-electron chi connectivity index (χ3n) is 0. The first-order valence-corrected chi connectivity index (χ1v) is 2.87. The molecule has 0 rings (SSSR count). The van der Waals surface area contributed by atoms with E-state index in [0.717, 1.165) is 0 Å². The van der Waals surface area contributed by atoms with Gasteiger partial charge in [0.2, 0.25) is 0 Å². The van der Waals surface area contributed by atoms with E-state index >= 15 is 0 Å². The van der Waals surface area contributed by atoms with Crippen molar-refractivity contribution in [1.29, 1.82) is 0 Å². The predicted octanol–water partition coefficient (Wildman–Crippen LogP) is 1.36. The summed E-state index contributed by atoms with van der Waals surface area (Å²) in [4.78, 5) is 0. The highest BCUT2D eigenvalue weighted by atomic mass is 33.1. The summed E-state index contributed by atoms with van der Waals surface area (Å²) in [5.74, 6) is 0. The molecule has 0 aliphatic rings. The van der Waals surface area contributed by atoms with Gasteiger partial charge in [-0.1, -0.05) is 0 Å². The molecule has 0 heterocycles. The van der Waals surface area contributed by atoms with Gasteiger partial charge >= 0.3 is 0 Å². The maximum atomic E-state index is 3.71. The van der Waals surface area contributed by atoms with E-state index in [1.165, 1.54) is 10.8 Å². The van der Waals surface area contributed by atoms with Crippen molar-refractivity contribution in [3.05, 3.63) is 0 Å². The van der Waals surface area contributed by atoms with Gasteiger partial charge < -0.3 is 6.15 Å². The largest absolute Gasteiger partial charge is 0.344 e. The van der Waals surface area contributed by atoms with Crippen LogP contribution < -0.4 is 6.15 Å². The van der Waals surface area contributed by atoms with Crippen molar-refractivity contribution in [2.75, 3.05) is 6.26 Å². The van der Waals surface area contributed by atoms with Crippen molar-refractivity contribution < 1.29 is 0 Å². The molecule has 0 aromatic carbocycles. The molecule has 0 fully saturated rings. The maximum Gasteiger partial charge on any atom is -0.00816 e. The summed E-state index contributed by atoms with van der Waals surface area (Å²) in [6.07, 6.45) is 1.91. The minimum atomic E-state index is 0. The van der Waals surface area contributed by atoms with Gasteiger partial charge in [-0.15, -0.1) is 22.5 Å². The molecule has 0 radical (unpaired) electrons. The fraction of sp³-hybridized carbons (Fsp3) is 1.00. The van der Waals surface area contributed by atoms with Crippen molar-refractivity contribution in [2.45, 2.75) is 0 Å². The Morgan fingerprint density at radius 1 is 1.75 bits per heavy atom. The van der Waals surface area contributed by atoms with Crippen molar-refractivity contribution >= 4 is 22.5 Å². The minimum absolute atomic E-state index is 0. The summed E-state index contributed by atoms with van der Waals surface area (Å²) in [6, 6.07) is 0. The Kier molecular flexibility index (Phi) is 20.7. The van der Waals surface area contributed by atoms with E-state index in [9.17, 15) is 0 Å². The summed E-state index contributed by atoms with van der Waals surface area (Å²) >= 11 is 3.71. The van der Waals surface area contributed by atoms with Crippen LogP contribution in [0.3, 0.4) is 0 Å². The monoisotopic (exact) mass is 97.0 g/mol. The van der Waals surface area contributed by atoms with Gasteiger partial charge in [0.15, 0.2) is 0 Å². The summed E-state index contributed by atoms with van der Waals surface area (Å²) < 4.78 is 0. The van der Waals surface area contributed by atoms with Crippen LogP contribution in [0.15, 0.2) is 0 Å². The molecule has 0 amide bonds. The normalized spacial score (nSPS) is 4.50. The third kappa shape index (κ3) is 16.8. The first-order chi connectivity index (χ1) is 1.41. The fourth-order valence-electron chi connectivity index (χ4n) is 0. The van der Waals surface area contributed by atoms with Crippen LogP contribution >= 0.6 is 22.5 Å². The van der Waals surface area contributed by atoms with Crippen LogP contribution in [-0.4, -0.2) is 6.26 Å². The van der Waals surface area contributed by atoms with Gasteiger partial charge in [-0.25, -0.2) is 0 Å². The third-order valence-corrected chi connectivity index (χ3v) is 0. The molecule has 0 aromatic rings. The average Bonchev–Trinajstić information content (AvgIpc) is 0.918. The Labute approximate surface area is 35.6 Å². The first-order valence-electron chi connectivity index (χ1n) is 0.591. The Hall–Kier alpha value is 0.660. The van der Waals surface area contributed by atoms with E-state index in [1.54, 1.807) is 0 Å². The van der Waals surface area contributed by atoms with Gasteiger partial charge in [-0.05, 0) is 6.26 Å². The van der Waals surface area contributed by atoms with Crippen LogP contribution in [0.2, 0.25) is 0 Å². The molecule has 0 saturated heterocycles. The molecule has 3 heteroatoms. The Bertz CT molecular complexity index is 6.00. The molecule has 4 heavy (non-hydrogen) atoms. The van der Waals surface area contributed by atoms with Crippen molar-refractivity contribution in [2.24, 2.45) is 0 Å². The zero-order valence-electron chi connectivity index (χ0n) is 2.56. The van der Waals surface area contributed by atoms with Crippen LogP contribution in [-0.2, 0) is 0 Å². The Balaban J connectivity index is 0. The summed E-state index contributed by atoms with van der Waals surface area (Å²) in [6.45, 7) is 0. The number of rotatable bonds is 0. The van der Waals surface area contributed by atoms with Gasteiger partial charge in [-0.3, -0.25) is 0 Å². The fourth-order valence-corrected chi connectivity index (χ4v) is 0. The number of thiol groups is 1. The van der Waals surface area contributed by atoms with E-state index in [4.69, 9.17) is 0 Å². The standard InChI is InChI=1S/CH4S2.H3N/c1-3-2;/h2H,1H3;1H3. The minimum Gasteiger partial charge on any atom is -0.344 e. The predicted molar refractivity (Wildman–Crippen MR) is 27.5 cm³/mol. The molecule has 0 unspecified atom stereocenters. The number of hydrogen-bond donors (Lipinski definition) is 2. The van der Waals surface area contributed by atoms with Crippen molar-refractivity contribution in [1.82, 2.24) is 6.15 Å². The average molecular weight is 97.2 g/mol. The molecule has 0 spiro atoms. The van der Waals surface area contributed by atoms with Crippen LogP contribution in [0.4, 0.5) is 0 Å². The van der Waals surface area contributed by atoms with E-state index in [1.807, 2.05) is 6.26 Å². The van der Waals surface area contributed by atoms with Gasteiger partial charge in [0.1, 0.15) is 0 Å². The van der Waals surface area contributed by atoms with Gasteiger partial charge in [0, 0.05) is 0 Å². The number of hydrogen-bond acceptors (Lipinski definition) is 3. The van der Waals surface area contributed by atoms with Crippen LogP contribution in [0.5, 0.6) is 0 Å². The lowest BCUT2D eigenvalue weighted by molar-refractivity contribution is 2.13. The second kappa shape index (κ2) is 9.40. The van der Waals surface area contributed by atoms with E-state index in [-0.39, 0.29) is 6.15 Å². The van der Waals surface area contributed by atoms with Crippen LogP contribution in [0.25, 0.3) is 0 Å². The van der Waals surface area contributed by atoms with Gasteiger partial charge in [0.05, 0.1) is 0 Å². The first kappa shape index (κ1) is 8.82. The van der Waals surface area contributed by atoms with E-state index in [0.29, 0.717) is 0 Å². The summed E-state index contributed by atoms with van der Waals surface area (Å²) in [5.41, 5.74) is 0. The Morgan fingerprint density at radius 3 is 1.75 bits per heavy atom. The highest BCUT2D eigenvalue weighted by Gasteiger charge is 1.34. The summed E-state index contributed by atoms with van der Waals surface area (Å²) in [7, 11) is 1.44. The zero-order chi connectivity index (χ0) is 2.71. The van der Waals surface area contributed by atoms with E-state index in [2.05, 4.69) is 11.7 Å².